The maximum absolute atomic E-state index is 6.17. The van der Waals surface area contributed by atoms with Gasteiger partial charge in [0.05, 0.1) is 15.6 Å². The number of hydrogen-bond acceptors (Lipinski definition) is 0. The van der Waals surface area contributed by atoms with Crippen molar-refractivity contribution < 1.29 is 0 Å². The summed E-state index contributed by atoms with van der Waals surface area (Å²) in [6, 6.07) is 5.82. The second kappa shape index (κ2) is 4.65. The van der Waals surface area contributed by atoms with Crippen molar-refractivity contribution in [2.45, 2.75) is 13.0 Å². The Morgan fingerprint density at radius 2 is 1.93 bits per heavy atom. The number of aryl methyl sites for hydroxylation is 1. The average Bonchev–Trinajstić information content (AvgIpc) is 2.64. The van der Waals surface area contributed by atoms with Crippen LogP contribution in [0.4, 0.5) is 0 Å². The zero-order chi connectivity index (χ0) is 10.8. The third kappa shape index (κ3) is 2.10. The lowest BCUT2D eigenvalue weighted by atomic mass is 10.2. The molecule has 2 rings (SSSR count). The van der Waals surface area contributed by atoms with Crippen molar-refractivity contribution in [3.63, 3.8) is 0 Å². The van der Waals surface area contributed by atoms with Gasteiger partial charge >= 0.3 is 0 Å². The smallest absolute Gasteiger partial charge is 0.0835 e. The SMILES string of the molecule is ClCCCn1ccc2ccc(Cl)c(Cl)c21. The minimum Gasteiger partial charge on any atom is -0.346 e. The summed E-state index contributed by atoms with van der Waals surface area (Å²) in [5.41, 5.74) is 0.995. The van der Waals surface area contributed by atoms with E-state index >= 15 is 0 Å². The fraction of sp³-hybridized carbons (Fsp3) is 0.273. The number of nitrogens with zero attached hydrogens (tertiary/aromatic N) is 1. The number of fused-ring (bicyclic) bond motifs is 1. The summed E-state index contributed by atoms with van der Waals surface area (Å²) in [6.07, 6.45) is 2.94. The van der Waals surface area contributed by atoms with Gasteiger partial charge in [-0.15, -0.1) is 11.6 Å². The lowest BCUT2D eigenvalue weighted by molar-refractivity contribution is 0.707. The van der Waals surface area contributed by atoms with Crippen LogP contribution in [0.2, 0.25) is 10.0 Å². The molecule has 15 heavy (non-hydrogen) atoms. The quantitative estimate of drug-likeness (QED) is 0.714. The van der Waals surface area contributed by atoms with Crippen LogP contribution in [0.3, 0.4) is 0 Å². The van der Waals surface area contributed by atoms with Crippen molar-refractivity contribution in [1.29, 1.82) is 0 Å². The van der Waals surface area contributed by atoms with E-state index < -0.39 is 0 Å². The first-order chi connectivity index (χ1) is 7.24. The number of alkyl halides is 1. The Kier molecular flexibility index (Phi) is 3.45. The van der Waals surface area contributed by atoms with Crippen molar-refractivity contribution in [3.8, 4) is 0 Å². The molecule has 0 fully saturated rings. The summed E-state index contributed by atoms with van der Waals surface area (Å²) < 4.78 is 2.09. The number of halogens is 3. The number of benzene rings is 1. The molecular formula is C11H10Cl3N. The van der Waals surface area contributed by atoms with Crippen LogP contribution in [-0.2, 0) is 6.54 Å². The van der Waals surface area contributed by atoms with E-state index in [0.29, 0.717) is 15.9 Å². The van der Waals surface area contributed by atoms with Crippen LogP contribution in [0, 0.1) is 0 Å². The Labute approximate surface area is 104 Å². The molecule has 0 bridgehead atoms. The first kappa shape index (κ1) is 11.1. The fourth-order valence-corrected chi connectivity index (χ4v) is 2.20. The third-order valence-electron chi connectivity index (χ3n) is 2.35. The van der Waals surface area contributed by atoms with E-state index in [-0.39, 0.29) is 0 Å². The summed E-state index contributed by atoms with van der Waals surface area (Å²) >= 11 is 17.8. The van der Waals surface area contributed by atoms with Crippen LogP contribution in [0.5, 0.6) is 0 Å². The molecule has 80 valence electrons. The minimum absolute atomic E-state index is 0.593. The van der Waals surface area contributed by atoms with Gasteiger partial charge in [0, 0.05) is 24.0 Å². The van der Waals surface area contributed by atoms with E-state index in [4.69, 9.17) is 34.8 Å². The van der Waals surface area contributed by atoms with Crippen LogP contribution >= 0.6 is 34.8 Å². The predicted octanol–water partition coefficient (Wildman–Crippen LogP) is 4.58. The maximum Gasteiger partial charge on any atom is 0.0835 e. The molecule has 1 aromatic carbocycles. The van der Waals surface area contributed by atoms with E-state index in [1.807, 2.05) is 24.4 Å². The lowest BCUT2D eigenvalue weighted by Crippen LogP contribution is -1.96. The van der Waals surface area contributed by atoms with Crippen molar-refractivity contribution in [2.24, 2.45) is 0 Å². The second-order valence-electron chi connectivity index (χ2n) is 3.35. The number of hydrogen-bond donors (Lipinski definition) is 0. The van der Waals surface area contributed by atoms with E-state index in [1.54, 1.807) is 0 Å². The Bertz CT molecular complexity index is 476. The molecule has 0 radical (unpaired) electrons. The van der Waals surface area contributed by atoms with E-state index in [9.17, 15) is 0 Å². The molecule has 0 saturated carbocycles. The van der Waals surface area contributed by atoms with Gasteiger partial charge in [-0.2, -0.15) is 0 Å². The van der Waals surface area contributed by atoms with Crippen molar-refractivity contribution in [1.82, 2.24) is 4.57 Å². The van der Waals surface area contributed by atoms with Gasteiger partial charge in [0.15, 0.2) is 0 Å². The summed E-state index contributed by atoms with van der Waals surface area (Å²) in [5.74, 6) is 0.651. The fourth-order valence-electron chi connectivity index (χ4n) is 1.64. The average molecular weight is 263 g/mol. The molecule has 0 N–H and O–H groups in total. The van der Waals surface area contributed by atoms with Crippen LogP contribution in [0.1, 0.15) is 6.42 Å². The van der Waals surface area contributed by atoms with Gasteiger partial charge in [0.1, 0.15) is 0 Å². The first-order valence-corrected chi connectivity index (χ1v) is 6.02. The highest BCUT2D eigenvalue weighted by molar-refractivity contribution is 6.45. The molecule has 4 heteroatoms. The molecule has 0 aliphatic rings. The second-order valence-corrected chi connectivity index (χ2v) is 4.51. The highest BCUT2D eigenvalue weighted by Gasteiger charge is 2.08. The molecule has 0 aliphatic heterocycles. The van der Waals surface area contributed by atoms with Crippen molar-refractivity contribution in [2.75, 3.05) is 5.88 Å². The Morgan fingerprint density at radius 1 is 1.13 bits per heavy atom. The van der Waals surface area contributed by atoms with Gasteiger partial charge in [-0.3, -0.25) is 0 Å². The molecule has 0 spiro atoms. The third-order valence-corrected chi connectivity index (χ3v) is 3.42. The summed E-state index contributed by atoms with van der Waals surface area (Å²) in [6.45, 7) is 0.868. The molecule has 0 unspecified atom stereocenters. The van der Waals surface area contributed by atoms with Gasteiger partial charge in [0.2, 0.25) is 0 Å². The molecule has 0 amide bonds. The molecule has 0 atom stereocenters. The van der Waals surface area contributed by atoms with Gasteiger partial charge < -0.3 is 4.57 Å². The molecule has 1 aromatic heterocycles. The molecule has 0 saturated heterocycles. The number of rotatable bonds is 3. The summed E-state index contributed by atoms with van der Waals surface area (Å²) in [4.78, 5) is 0. The number of aromatic nitrogens is 1. The van der Waals surface area contributed by atoms with Crippen LogP contribution in [-0.4, -0.2) is 10.4 Å². The topological polar surface area (TPSA) is 4.93 Å². The van der Waals surface area contributed by atoms with Crippen LogP contribution in [0.15, 0.2) is 24.4 Å². The van der Waals surface area contributed by atoms with E-state index in [1.165, 1.54) is 0 Å². The highest BCUT2D eigenvalue weighted by Crippen LogP contribution is 2.31. The largest absolute Gasteiger partial charge is 0.346 e. The molecule has 2 aromatic rings. The zero-order valence-electron chi connectivity index (χ0n) is 8.01. The van der Waals surface area contributed by atoms with Crippen LogP contribution in [0.25, 0.3) is 10.9 Å². The van der Waals surface area contributed by atoms with Crippen LogP contribution < -0.4 is 0 Å². The van der Waals surface area contributed by atoms with Crippen molar-refractivity contribution in [3.05, 3.63) is 34.4 Å². The standard InChI is InChI=1S/C11H10Cl3N/c12-5-1-6-15-7-4-8-2-3-9(13)10(14)11(8)15/h2-4,7H,1,5-6H2. The Hall–Kier alpha value is -0.370. The Balaban J connectivity index is 2.51. The van der Waals surface area contributed by atoms with Gasteiger partial charge in [0.25, 0.3) is 0 Å². The molecular weight excluding hydrogens is 252 g/mol. The lowest BCUT2D eigenvalue weighted by Gasteiger charge is -2.06. The Morgan fingerprint density at radius 3 is 2.67 bits per heavy atom. The maximum atomic E-state index is 6.17. The predicted molar refractivity (Wildman–Crippen MR) is 67.3 cm³/mol. The molecule has 1 heterocycles. The minimum atomic E-state index is 0.593. The molecule has 1 nitrogen and oxygen atoms in total. The summed E-state index contributed by atoms with van der Waals surface area (Å²) in [7, 11) is 0. The van der Waals surface area contributed by atoms with Gasteiger partial charge in [-0.05, 0) is 18.6 Å². The van der Waals surface area contributed by atoms with E-state index in [0.717, 1.165) is 23.9 Å². The normalized spacial score (nSPS) is 11.1. The van der Waals surface area contributed by atoms with E-state index in [2.05, 4.69) is 4.57 Å². The zero-order valence-corrected chi connectivity index (χ0v) is 10.3. The van der Waals surface area contributed by atoms with Crippen molar-refractivity contribution >= 4 is 45.7 Å². The van der Waals surface area contributed by atoms with Gasteiger partial charge in [-0.25, -0.2) is 0 Å². The highest BCUT2D eigenvalue weighted by atomic mass is 35.5. The monoisotopic (exact) mass is 261 g/mol. The molecule has 0 aliphatic carbocycles. The summed E-state index contributed by atoms with van der Waals surface area (Å²) in [5, 5.41) is 2.32. The van der Waals surface area contributed by atoms with Gasteiger partial charge in [-0.1, -0.05) is 29.3 Å². The first-order valence-electron chi connectivity index (χ1n) is 4.73.